The molecule has 3 rings (SSSR count). The Labute approximate surface area is 155 Å². The predicted molar refractivity (Wildman–Crippen MR) is 103 cm³/mol. The Kier molecular flexibility index (Phi) is 5.27. The van der Waals surface area contributed by atoms with Crippen molar-refractivity contribution in [3.63, 3.8) is 0 Å². The van der Waals surface area contributed by atoms with Gasteiger partial charge in [-0.15, -0.1) is 0 Å². The second-order valence-electron chi connectivity index (χ2n) is 5.50. The number of carbonyl (C=O) groups excluding carboxylic acids is 1. The molecule has 1 amide bonds. The van der Waals surface area contributed by atoms with Crippen molar-refractivity contribution in [1.29, 1.82) is 0 Å². The predicted octanol–water partition coefficient (Wildman–Crippen LogP) is 6.21. The van der Waals surface area contributed by atoms with E-state index in [1.165, 1.54) is 6.08 Å². The van der Waals surface area contributed by atoms with Gasteiger partial charge in [0.15, 0.2) is 0 Å². The van der Waals surface area contributed by atoms with Gasteiger partial charge in [-0.25, -0.2) is 0 Å². The van der Waals surface area contributed by atoms with Crippen LogP contribution in [0.15, 0.2) is 65.1 Å². The molecule has 0 saturated heterocycles. The summed E-state index contributed by atoms with van der Waals surface area (Å²) in [7, 11) is 0. The zero-order valence-corrected chi connectivity index (χ0v) is 14.9. The van der Waals surface area contributed by atoms with Crippen LogP contribution in [0.2, 0.25) is 10.0 Å². The van der Waals surface area contributed by atoms with Gasteiger partial charge >= 0.3 is 0 Å². The highest BCUT2D eigenvalue weighted by molar-refractivity contribution is 6.31. The van der Waals surface area contributed by atoms with E-state index in [4.69, 9.17) is 27.6 Å². The molecule has 0 bridgehead atoms. The molecule has 0 aliphatic carbocycles. The van der Waals surface area contributed by atoms with E-state index >= 15 is 0 Å². The third-order valence-electron chi connectivity index (χ3n) is 3.59. The van der Waals surface area contributed by atoms with Gasteiger partial charge in [0, 0.05) is 27.4 Å². The number of aryl methyl sites for hydroxylation is 1. The molecule has 0 radical (unpaired) electrons. The summed E-state index contributed by atoms with van der Waals surface area (Å²) >= 11 is 12.0. The molecule has 5 heteroatoms. The van der Waals surface area contributed by atoms with Crippen molar-refractivity contribution in [3.05, 3.63) is 82.0 Å². The first kappa shape index (κ1) is 17.3. The van der Waals surface area contributed by atoms with Gasteiger partial charge in [-0.1, -0.05) is 35.3 Å². The lowest BCUT2D eigenvalue weighted by atomic mass is 10.1. The molecule has 0 atom stereocenters. The van der Waals surface area contributed by atoms with E-state index in [0.29, 0.717) is 27.3 Å². The third-order valence-corrected chi connectivity index (χ3v) is 4.25. The summed E-state index contributed by atoms with van der Waals surface area (Å²) in [5.74, 6) is 1.02. The van der Waals surface area contributed by atoms with Gasteiger partial charge in [0.2, 0.25) is 5.91 Å². The van der Waals surface area contributed by atoms with Crippen LogP contribution in [0.1, 0.15) is 11.3 Å². The van der Waals surface area contributed by atoms with Crippen molar-refractivity contribution >= 4 is 40.9 Å². The normalized spacial score (nSPS) is 11.0. The number of furan rings is 1. The standard InChI is InChI=1S/C20H15Cl2NO2/c1-13-2-3-14(12-18(13)22)19-10-8-17(25-19)9-11-20(24)23-16-6-4-15(21)5-7-16/h2-12H,1H3,(H,23,24)/b11-9+. The van der Waals surface area contributed by atoms with Gasteiger partial charge in [-0.3, -0.25) is 4.79 Å². The minimum absolute atomic E-state index is 0.251. The Bertz CT molecular complexity index is 927. The van der Waals surface area contributed by atoms with Crippen molar-refractivity contribution < 1.29 is 9.21 Å². The van der Waals surface area contributed by atoms with E-state index in [1.807, 2.05) is 31.2 Å². The summed E-state index contributed by atoms with van der Waals surface area (Å²) in [5.41, 5.74) is 2.57. The first-order chi connectivity index (χ1) is 12.0. The van der Waals surface area contributed by atoms with Crippen molar-refractivity contribution in [1.82, 2.24) is 0 Å². The van der Waals surface area contributed by atoms with Crippen molar-refractivity contribution in [2.75, 3.05) is 5.32 Å². The molecule has 2 aromatic carbocycles. The molecule has 0 spiro atoms. The van der Waals surface area contributed by atoms with Crippen LogP contribution in [-0.4, -0.2) is 5.91 Å². The van der Waals surface area contributed by atoms with Gasteiger partial charge in [0.05, 0.1) is 0 Å². The number of hydrogen-bond donors (Lipinski definition) is 1. The second kappa shape index (κ2) is 7.60. The molecule has 3 nitrogen and oxygen atoms in total. The summed E-state index contributed by atoms with van der Waals surface area (Å²) in [4.78, 5) is 11.9. The lowest BCUT2D eigenvalue weighted by Gasteiger charge is -2.01. The van der Waals surface area contributed by atoms with Crippen LogP contribution in [0.4, 0.5) is 5.69 Å². The summed E-state index contributed by atoms with van der Waals surface area (Å²) < 4.78 is 5.74. The van der Waals surface area contributed by atoms with Gasteiger partial charge in [-0.05, 0) is 61.0 Å². The largest absolute Gasteiger partial charge is 0.457 e. The molecule has 0 aliphatic rings. The fourth-order valence-corrected chi connectivity index (χ4v) is 2.53. The van der Waals surface area contributed by atoms with E-state index in [1.54, 1.807) is 36.4 Å². The minimum atomic E-state index is -0.251. The fourth-order valence-electron chi connectivity index (χ4n) is 2.22. The van der Waals surface area contributed by atoms with E-state index < -0.39 is 0 Å². The van der Waals surface area contributed by atoms with Gasteiger partial charge in [0.1, 0.15) is 11.5 Å². The Balaban J connectivity index is 1.67. The molecule has 1 aromatic heterocycles. The molecule has 3 aromatic rings. The van der Waals surface area contributed by atoms with E-state index in [2.05, 4.69) is 5.32 Å². The van der Waals surface area contributed by atoms with Crippen LogP contribution in [0.5, 0.6) is 0 Å². The maximum absolute atomic E-state index is 11.9. The van der Waals surface area contributed by atoms with Crippen LogP contribution < -0.4 is 5.32 Å². The highest BCUT2D eigenvalue weighted by Crippen LogP contribution is 2.27. The Morgan fingerprint density at radius 2 is 1.80 bits per heavy atom. The summed E-state index contributed by atoms with van der Waals surface area (Å²) in [6.45, 7) is 1.95. The average Bonchev–Trinajstić information content (AvgIpc) is 3.07. The Hall–Kier alpha value is -2.49. The highest BCUT2D eigenvalue weighted by Gasteiger charge is 2.06. The van der Waals surface area contributed by atoms with Crippen LogP contribution in [0, 0.1) is 6.92 Å². The van der Waals surface area contributed by atoms with Gasteiger partial charge in [-0.2, -0.15) is 0 Å². The maximum Gasteiger partial charge on any atom is 0.248 e. The number of hydrogen-bond acceptors (Lipinski definition) is 2. The van der Waals surface area contributed by atoms with E-state index in [-0.39, 0.29) is 5.91 Å². The zero-order chi connectivity index (χ0) is 17.8. The lowest BCUT2D eigenvalue weighted by Crippen LogP contribution is -2.07. The van der Waals surface area contributed by atoms with Crippen molar-refractivity contribution in [2.24, 2.45) is 0 Å². The van der Waals surface area contributed by atoms with Crippen LogP contribution in [0.25, 0.3) is 17.4 Å². The molecular formula is C20H15Cl2NO2. The third kappa shape index (κ3) is 4.53. The number of carbonyl (C=O) groups is 1. The first-order valence-corrected chi connectivity index (χ1v) is 8.38. The number of nitrogens with one attached hydrogen (secondary N) is 1. The smallest absolute Gasteiger partial charge is 0.248 e. The molecule has 0 fully saturated rings. The average molecular weight is 372 g/mol. The monoisotopic (exact) mass is 371 g/mol. The maximum atomic E-state index is 11.9. The summed E-state index contributed by atoms with van der Waals surface area (Å²) in [5, 5.41) is 4.05. The quantitative estimate of drug-likeness (QED) is 0.553. The Morgan fingerprint density at radius 1 is 1.04 bits per heavy atom. The molecule has 1 N–H and O–H groups in total. The first-order valence-electron chi connectivity index (χ1n) is 7.62. The van der Waals surface area contributed by atoms with Gasteiger partial charge in [0.25, 0.3) is 0 Å². The molecule has 25 heavy (non-hydrogen) atoms. The number of rotatable bonds is 4. The zero-order valence-electron chi connectivity index (χ0n) is 13.4. The topological polar surface area (TPSA) is 42.2 Å². The van der Waals surface area contributed by atoms with Crippen LogP contribution in [0.3, 0.4) is 0 Å². The Morgan fingerprint density at radius 3 is 2.52 bits per heavy atom. The van der Waals surface area contributed by atoms with Crippen LogP contribution in [-0.2, 0) is 4.79 Å². The summed E-state index contributed by atoms with van der Waals surface area (Å²) in [6.07, 6.45) is 3.03. The molecular weight excluding hydrogens is 357 g/mol. The molecule has 126 valence electrons. The van der Waals surface area contributed by atoms with Crippen molar-refractivity contribution in [2.45, 2.75) is 6.92 Å². The number of halogens is 2. The number of amides is 1. The highest BCUT2D eigenvalue weighted by atomic mass is 35.5. The molecule has 1 heterocycles. The fraction of sp³-hybridized carbons (Fsp3) is 0.0500. The van der Waals surface area contributed by atoms with E-state index in [0.717, 1.165) is 11.1 Å². The van der Waals surface area contributed by atoms with E-state index in [9.17, 15) is 4.79 Å². The molecule has 0 unspecified atom stereocenters. The second-order valence-corrected chi connectivity index (χ2v) is 6.34. The number of anilines is 1. The van der Waals surface area contributed by atoms with Gasteiger partial charge < -0.3 is 9.73 Å². The SMILES string of the molecule is Cc1ccc(-c2ccc(/C=C/C(=O)Nc3ccc(Cl)cc3)o2)cc1Cl. The molecule has 0 saturated carbocycles. The lowest BCUT2D eigenvalue weighted by molar-refractivity contribution is -0.111. The minimum Gasteiger partial charge on any atom is -0.457 e. The summed E-state index contributed by atoms with van der Waals surface area (Å²) in [6, 6.07) is 16.3. The number of benzene rings is 2. The van der Waals surface area contributed by atoms with Crippen molar-refractivity contribution in [3.8, 4) is 11.3 Å². The van der Waals surface area contributed by atoms with Crippen LogP contribution >= 0.6 is 23.2 Å². The molecule has 0 aliphatic heterocycles.